The van der Waals surface area contributed by atoms with Crippen LogP contribution in [0.1, 0.15) is 37.8 Å². The van der Waals surface area contributed by atoms with Gasteiger partial charge >= 0.3 is 0 Å². The van der Waals surface area contributed by atoms with Crippen LogP contribution in [0.2, 0.25) is 0 Å². The average Bonchev–Trinajstić information content (AvgIpc) is 2.91. The quantitative estimate of drug-likeness (QED) is 0.714. The summed E-state index contributed by atoms with van der Waals surface area (Å²) >= 11 is 9.32. The van der Waals surface area contributed by atoms with Gasteiger partial charge in [-0.3, -0.25) is 0 Å². The molecule has 3 nitrogen and oxygen atoms in total. The van der Waals surface area contributed by atoms with Crippen molar-refractivity contribution in [3.05, 3.63) is 27.7 Å². The zero-order valence-corrected chi connectivity index (χ0v) is 15.7. The number of nitrogens with zero attached hydrogens (tertiary/aromatic N) is 1. The standard InChI is InChI=1S/C15H21BrClNO2S/c1-10(2)14-5-4-6-18(14)21(19,20)15-8-12(9-17)7-13(16)11(15)3/h7-8,10,14H,4-6,9H2,1-3H3. The summed E-state index contributed by atoms with van der Waals surface area (Å²) in [5.74, 6) is 0.622. The van der Waals surface area contributed by atoms with Crippen LogP contribution in [0.3, 0.4) is 0 Å². The van der Waals surface area contributed by atoms with Gasteiger partial charge in [-0.25, -0.2) is 8.42 Å². The molecule has 0 saturated carbocycles. The van der Waals surface area contributed by atoms with Crippen molar-refractivity contribution in [3.8, 4) is 0 Å². The van der Waals surface area contributed by atoms with E-state index in [0.717, 1.165) is 28.4 Å². The van der Waals surface area contributed by atoms with Gasteiger partial charge in [0.25, 0.3) is 0 Å². The van der Waals surface area contributed by atoms with Gasteiger partial charge in [-0.1, -0.05) is 29.8 Å². The summed E-state index contributed by atoms with van der Waals surface area (Å²) in [7, 11) is -3.47. The first-order valence-electron chi connectivity index (χ1n) is 7.16. The fraction of sp³-hybridized carbons (Fsp3) is 0.600. The second-order valence-corrected chi connectivity index (χ2v) is 8.88. The number of alkyl halides is 1. The third-order valence-electron chi connectivity index (χ3n) is 4.12. The summed E-state index contributed by atoms with van der Waals surface area (Å²) in [6.07, 6.45) is 1.86. The summed E-state index contributed by atoms with van der Waals surface area (Å²) in [4.78, 5) is 0.375. The average molecular weight is 395 g/mol. The van der Waals surface area contributed by atoms with Gasteiger partial charge in [-0.15, -0.1) is 11.6 Å². The Labute approximate surface area is 140 Å². The van der Waals surface area contributed by atoms with E-state index in [9.17, 15) is 8.42 Å². The highest BCUT2D eigenvalue weighted by Gasteiger charge is 2.37. The number of hydrogen-bond acceptors (Lipinski definition) is 2. The molecule has 1 heterocycles. The van der Waals surface area contributed by atoms with Crippen LogP contribution >= 0.6 is 27.5 Å². The second kappa shape index (κ2) is 6.57. The monoisotopic (exact) mass is 393 g/mol. The van der Waals surface area contributed by atoms with Gasteiger partial charge in [0.15, 0.2) is 0 Å². The molecule has 118 valence electrons. The normalized spacial score (nSPS) is 20.4. The van der Waals surface area contributed by atoms with E-state index in [1.54, 1.807) is 10.4 Å². The summed E-state index contributed by atoms with van der Waals surface area (Å²) in [5, 5.41) is 0. The van der Waals surface area contributed by atoms with E-state index in [0.29, 0.717) is 23.2 Å². The lowest BCUT2D eigenvalue weighted by molar-refractivity contribution is 0.315. The van der Waals surface area contributed by atoms with E-state index in [-0.39, 0.29) is 6.04 Å². The number of rotatable bonds is 4. The van der Waals surface area contributed by atoms with Crippen LogP contribution in [0.15, 0.2) is 21.5 Å². The second-order valence-electron chi connectivity index (χ2n) is 5.90. The molecule has 2 rings (SSSR count). The molecule has 1 aliphatic rings. The van der Waals surface area contributed by atoms with Crippen LogP contribution < -0.4 is 0 Å². The molecule has 6 heteroatoms. The van der Waals surface area contributed by atoms with Crippen molar-refractivity contribution in [3.63, 3.8) is 0 Å². The maximum atomic E-state index is 13.1. The predicted octanol–water partition coefficient (Wildman–Crippen LogP) is 4.31. The van der Waals surface area contributed by atoms with E-state index in [1.165, 1.54) is 0 Å². The Kier molecular flexibility index (Phi) is 5.40. The van der Waals surface area contributed by atoms with Crippen molar-refractivity contribution in [1.82, 2.24) is 4.31 Å². The maximum Gasteiger partial charge on any atom is 0.243 e. The van der Waals surface area contributed by atoms with E-state index in [2.05, 4.69) is 29.8 Å². The fourth-order valence-corrected chi connectivity index (χ4v) is 5.83. The smallest absolute Gasteiger partial charge is 0.207 e. The zero-order chi connectivity index (χ0) is 15.8. The molecule has 1 unspecified atom stereocenters. The van der Waals surface area contributed by atoms with E-state index in [4.69, 9.17) is 11.6 Å². The highest BCUT2D eigenvalue weighted by Crippen LogP contribution is 2.34. The summed E-state index contributed by atoms with van der Waals surface area (Å²) < 4.78 is 28.6. The van der Waals surface area contributed by atoms with Crippen LogP contribution in [-0.4, -0.2) is 25.3 Å². The topological polar surface area (TPSA) is 37.4 Å². The maximum absolute atomic E-state index is 13.1. The van der Waals surface area contributed by atoms with E-state index < -0.39 is 10.0 Å². The Bertz CT molecular complexity index is 631. The lowest BCUT2D eigenvalue weighted by atomic mass is 10.0. The van der Waals surface area contributed by atoms with Gasteiger partial charge in [0, 0.05) is 22.9 Å². The molecular weight excluding hydrogens is 374 g/mol. The molecule has 1 fully saturated rings. The molecular formula is C15H21BrClNO2S. The Morgan fingerprint density at radius 1 is 1.43 bits per heavy atom. The lowest BCUT2D eigenvalue weighted by Gasteiger charge is -2.28. The highest BCUT2D eigenvalue weighted by molar-refractivity contribution is 9.10. The molecule has 1 aromatic carbocycles. The lowest BCUT2D eigenvalue weighted by Crippen LogP contribution is -2.38. The van der Waals surface area contributed by atoms with Crippen LogP contribution in [0, 0.1) is 12.8 Å². The third kappa shape index (κ3) is 3.31. The molecule has 0 aromatic heterocycles. The summed E-state index contributed by atoms with van der Waals surface area (Å²) in [6.45, 7) is 6.59. The Morgan fingerprint density at radius 3 is 2.67 bits per heavy atom. The number of sulfonamides is 1. The van der Waals surface area contributed by atoms with Gasteiger partial charge in [-0.2, -0.15) is 4.31 Å². The Morgan fingerprint density at radius 2 is 2.10 bits per heavy atom. The summed E-state index contributed by atoms with van der Waals surface area (Å²) in [6, 6.07) is 3.68. The van der Waals surface area contributed by atoms with Crippen LogP contribution in [0.4, 0.5) is 0 Å². The number of benzene rings is 1. The first-order valence-corrected chi connectivity index (χ1v) is 9.92. The third-order valence-corrected chi connectivity index (χ3v) is 7.30. The largest absolute Gasteiger partial charge is 0.243 e. The number of halogens is 2. The van der Waals surface area contributed by atoms with Gasteiger partial charge < -0.3 is 0 Å². The van der Waals surface area contributed by atoms with E-state index in [1.807, 2.05) is 13.0 Å². The van der Waals surface area contributed by atoms with Gasteiger partial charge in [-0.05, 0) is 48.9 Å². The molecule has 1 aliphatic heterocycles. The van der Waals surface area contributed by atoms with Gasteiger partial charge in [0.2, 0.25) is 10.0 Å². The van der Waals surface area contributed by atoms with Gasteiger partial charge in [0.05, 0.1) is 4.90 Å². The van der Waals surface area contributed by atoms with Crippen molar-refractivity contribution in [2.45, 2.75) is 50.4 Å². The minimum atomic E-state index is -3.47. The Hall–Kier alpha value is -0.100. The van der Waals surface area contributed by atoms with Crippen molar-refractivity contribution in [2.75, 3.05) is 6.54 Å². The summed E-state index contributed by atoms with van der Waals surface area (Å²) in [5.41, 5.74) is 1.56. The first kappa shape index (κ1) is 17.3. The SMILES string of the molecule is Cc1c(Br)cc(CCl)cc1S(=O)(=O)N1CCCC1C(C)C. The van der Waals surface area contributed by atoms with Crippen molar-refractivity contribution in [1.29, 1.82) is 0 Å². The molecule has 0 N–H and O–H groups in total. The molecule has 0 spiro atoms. The first-order chi connectivity index (χ1) is 9.78. The van der Waals surface area contributed by atoms with Crippen molar-refractivity contribution < 1.29 is 8.42 Å². The van der Waals surface area contributed by atoms with Crippen LogP contribution in [-0.2, 0) is 15.9 Å². The van der Waals surface area contributed by atoms with Crippen molar-refractivity contribution >= 4 is 37.6 Å². The number of hydrogen-bond donors (Lipinski definition) is 0. The zero-order valence-electron chi connectivity index (χ0n) is 12.6. The molecule has 0 aliphatic carbocycles. The molecule has 1 saturated heterocycles. The minimum absolute atomic E-state index is 0.0906. The minimum Gasteiger partial charge on any atom is -0.207 e. The molecule has 1 aromatic rings. The van der Waals surface area contributed by atoms with Crippen LogP contribution in [0.5, 0.6) is 0 Å². The predicted molar refractivity (Wildman–Crippen MR) is 90.2 cm³/mol. The molecule has 21 heavy (non-hydrogen) atoms. The molecule has 0 bridgehead atoms. The fourth-order valence-electron chi connectivity index (χ4n) is 2.91. The molecule has 1 atom stereocenters. The highest BCUT2D eigenvalue weighted by atomic mass is 79.9. The van der Waals surface area contributed by atoms with Gasteiger partial charge in [0.1, 0.15) is 0 Å². The van der Waals surface area contributed by atoms with Crippen LogP contribution in [0.25, 0.3) is 0 Å². The molecule has 0 radical (unpaired) electrons. The molecule has 0 amide bonds. The van der Waals surface area contributed by atoms with E-state index >= 15 is 0 Å². The van der Waals surface area contributed by atoms with Crippen molar-refractivity contribution in [2.24, 2.45) is 5.92 Å². The Balaban J connectivity index is 2.51.